The van der Waals surface area contributed by atoms with E-state index in [9.17, 15) is 9.59 Å². The maximum absolute atomic E-state index is 11.8. The van der Waals surface area contributed by atoms with E-state index >= 15 is 0 Å². The molecule has 24 heavy (non-hydrogen) atoms. The quantitative estimate of drug-likeness (QED) is 0.441. The van der Waals surface area contributed by atoms with Crippen molar-refractivity contribution in [2.75, 3.05) is 26.7 Å². The van der Waals surface area contributed by atoms with Crippen molar-refractivity contribution in [1.82, 2.24) is 15.1 Å². The fourth-order valence-electron chi connectivity index (χ4n) is 2.52. The zero-order chi connectivity index (χ0) is 17.5. The molecule has 1 aliphatic rings. The summed E-state index contributed by atoms with van der Waals surface area (Å²) in [6.07, 6.45) is 1.59. The third kappa shape index (κ3) is 5.31. The lowest BCUT2D eigenvalue weighted by atomic mass is 10.1. The molecule has 1 aromatic rings. The highest BCUT2D eigenvalue weighted by Gasteiger charge is 2.25. The topological polar surface area (TPSA) is 65.0 Å². The van der Waals surface area contributed by atoms with Crippen LogP contribution in [0.1, 0.15) is 31.1 Å². The van der Waals surface area contributed by atoms with Crippen molar-refractivity contribution in [2.45, 2.75) is 32.7 Å². The Kier molecular flexibility index (Phi) is 7.23. The molecular weight excluding hydrogens is 392 g/mol. The van der Waals surface area contributed by atoms with E-state index in [1.807, 2.05) is 24.9 Å². The van der Waals surface area contributed by atoms with Crippen molar-refractivity contribution in [3.63, 3.8) is 0 Å². The van der Waals surface area contributed by atoms with Crippen LogP contribution in [0, 0.1) is 0 Å². The van der Waals surface area contributed by atoms with Crippen LogP contribution in [0.3, 0.4) is 0 Å². The number of thiophene rings is 1. The van der Waals surface area contributed by atoms with Crippen LogP contribution >= 0.6 is 27.3 Å². The molecule has 6 nitrogen and oxygen atoms in total. The van der Waals surface area contributed by atoms with Crippen molar-refractivity contribution in [1.29, 1.82) is 0 Å². The molecule has 0 unspecified atom stereocenters. The average molecular weight is 415 g/mol. The smallest absolute Gasteiger partial charge is 0.229 e. The molecule has 1 aromatic heterocycles. The third-order valence-corrected chi connectivity index (χ3v) is 5.30. The van der Waals surface area contributed by atoms with Gasteiger partial charge in [-0.1, -0.05) is 0 Å². The Labute approximate surface area is 155 Å². The molecule has 0 atom stereocenters. The maximum atomic E-state index is 11.8. The van der Waals surface area contributed by atoms with Gasteiger partial charge in [-0.25, -0.2) is 0 Å². The normalized spacial score (nSPS) is 15.8. The number of hydrogen-bond donors (Lipinski definition) is 1. The summed E-state index contributed by atoms with van der Waals surface area (Å²) in [7, 11) is 1.98. The van der Waals surface area contributed by atoms with E-state index < -0.39 is 0 Å². The number of rotatable bonds is 6. The van der Waals surface area contributed by atoms with Gasteiger partial charge >= 0.3 is 0 Å². The first kappa shape index (κ1) is 18.9. The lowest BCUT2D eigenvalue weighted by Crippen LogP contribution is -2.42. The monoisotopic (exact) mass is 414 g/mol. The minimum absolute atomic E-state index is 0.0803. The lowest BCUT2D eigenvalue weighted by molar-refractivity contribution is -0.147. The molecule has 0 aromatic carbocycles. The first-order valence-electron chi connectivity index (χ1n) is 8.08. The number of imide groups is 1. The molecule has 2 rings (SSSR count). The second-order valence-electron chi connectivity index (χ2n) is 5.59. The van der Waals surface area contributed by atoms with E-state index in [2.05, 4.69) is 32.3 Å². The van der Waals surface area contributed by atoms with Crippen molar-refractivity contribution >= 4 is 45.0 Å². The van der Waals surface area contributed by atoms with Gasteiger partial charge in [0.1, 0.15) is 0 Å². The summed E-state index contributed by atoms with van der Waals surface area (Å²) in [4.78, 5) is 32.8. The first-order chi connectivity index (χ1) is 11.5. The zero-order valence-corrected chi connectivity index (χ0v) is 16.5. The number of halogens is 1. The van der Waals surface area contributed by atoms with E-state index in [1.165, 1.54) is 9.78 Å². The molecule has 1 aliphatic heterocycles. The van der Waals surface area contributed by atoms with Crippen LogP contribution in [0.2, 0.25) is 0 Å². The summed E-state index contributed by atoms with van der Waals surface area (Å²) in [5.41, 5.74) is 0. The predicted octanol–water partition coefficient (Wildman–Crippen LogP) is 2.45. The molecule has 1 saturated heterocycles. The molecule has 0 spiro atoms. The summed E-state index contributed by atoms with van der Waals surface area (Å²) in [6.45, 7) is 4.30. The van der Waals surface area contributed by atoms with Crippen molar-refractivity contribution in [3.8, 4) is 0 Å². The van der Waals surface area contributed by atoms with Crippen molar-refractivity contribution in [3.05, 3.63) is 20.8 Å². The Morgan fingerprint density at radius 3 is 2.67 bits per heavy atom. The Morgan fingerprint density at radius 1 is 1.38 bits per heavy atom. The fourth-order valence-corrected chi connectivity index (χ4v) is 4.06. The van der Waals surface area contributed by atoms with Gasteiger partial charge in [-0.05, 0) is 41.4 Å². The van der Waals surface area contributed by atoms with E-state index in [4.69, 9.17) is 0 Å². The number of nitrogens with one attached hydrogen (secondary N) is 1. The summed E-state index contributed by atoms with van der Waals surface area (Å²) in [6, 6.07) is 4.12. The third-order valence-electron chi connectivity index (χ3n) is 3.69. The molecule has 0 bridgehead atoms. The van der Waals surface area contributed by atoms with Gasteiger partial charge in [0.05, 0.1) is 16.9 Å². The van der Waals surface area contributed by atoms with Gasteiger partial charge in [-0.3, -0.25) is 19.5 Å². The number of likely N-dealkylation sites (tertiary alicyclic amines) is 1. The van der Waals surface area contributed by atoms with Gasteiger partial charge < -0.3 is 10.2 Å². The molecule has 132 valence electrons. The van der Waals surface area contributed by atoms with Gasteiger partial charge in [0.25, 0.3) is 0 Å². The van der Waals surface area contributed by atoms with Gasteiger partial charge in [0.15, 0.2) is 5.96 Å². The van der Waals surface area contributed by atoms with E-state index in [-0.39, 0.29) is 11.8 Å². The summed E-state index contributed by atoms with van der Waals surface area (Å²) in [5.74, 6) is 0.616. The number of piperidine rings is 1. The van der Waals surface area contributed by atoms with E-state index in [1.54, 1.807) is 11.3 Å². The van der Waals surface area contributed by atoms with E-state index in [0.29, 0.717) is 32.4 Å². The van der Waals surface area contributed by atoms with E-state index in [0.717, 1.165) is 22.8 Å². The largest absolute Gasteiger partial charge is 0.357 e. The Morgan fingerprint density at radius 2 is 2.08 bits per heavy atom. The van der Waals surface area contributed by atoms with Crippen LogP contribution in [-0.2, 0) is 16.1 Å². The van der Waals surface area contributed by atoms with Crippen LogP contribution in [0.5, 0.6) is 0 Å². The number of nitrogens with zero attached hydrogens (tertiary/aromatic N) is 3. The minimum atomic E-state index is -0.0803. The van der Waals surface area contributed by atoms with Crippen molar-refractivity contribution < 1.29 is 9.59 Å². The number of aliphatic imine (C=N–C) groups is 1. The molecular formula is C16H23BrN4O2S. The highest BCUT2D eigenvalue weighted by atomic mass is 79.9. The fraction of sp³-hybridized carbons (Fsp3) is 0.562. The molecule has 8 heteroatoms. The standard InChI is InChI=1S/C16H23BrN4O2S/c1-3-18-16(20(2)11-12-7-8-13(17)24-12)19-9-10-21-14(22)5-4-6-15(21)23/h7-8H,3-6,9-11H2,1-2H3,(H,18,19). The summed E-state index contributed by atoms with van der Waals surface area (Å²) >= 11 is 5.17. The molecule has 2 amide bonds. The molecule has 0 aliphatic carbocycles. The second-order valence-corrected chi connectivity index (χ2v) is 8.14. The van der Waals surface area contributed by atoms with Crippen LogP contribution in [0.15, 0.2) is 20.9 Å². The second kappa shape index (κ2) is 9.17. The van der Waals surface area contributed by atoms with Crippen LogP contribution in [0.25, 0.3) is 0 Å². The number of guanidine groups is 1. The minimum Gasteiger partial charge on any atom is -0.357 e. The molecule has 1 N–H and O–H groups in total. The van der Waals surface area contributed by atoms with Gasteiger partial charge in [-0.2, -0.15) is 0 Å². The summed E-state index contributed by atoms with van der Waals surface area (Å²) < 4.78 is 1.11. The van der Waals surface area contributed by atoms with Gasteiger partial charge in [0, 0.05) is 37.9 Å². The van der Waals surface area contributed by atoms with Crippen LogP contribution in [-0.4, -0.2) is 54.3 Å². The Hall–Kier alpha value is -1.41. The lowest BCUT2D eigenvalue weighted by Gasteiger charge is -2.25. The first-order valence-corrected chi connectivity index (χ1v) is 9.69. The maximum Gasteiger partial charge on any atom is 0.229 e. The number of amides is 2. The molecule has 0 radical (unpaired) electrons. The molecule has 1 fully saturated rings. The predicted molar refractivity (Wildman–Crippen MR) is 100 cm³/mol. The highest BCUT2D eigenvalue weighted by Crippen LogP contribution is 2.23. The van der Waals surface area contributed by atoms with Gasteiger partial charge in [0.2, 0.25) is 11.8 Å². The molecule has 2 heterocycles. The SMILES string of the molecule is CCNC(=NCCN1C(=O)CCCC1=O)N(C)Cc1ccc(Br)s1. The van der Waals surface area contributed by atoms with Crippen LogP contribution < -0.4 is 5.32 Å². The Bertz CT molecular complexity index is 601. The van der Waals surface area contributed by atoms with Crippen LogP contribution in [0.4, 0.5) is 0 Å². The average Bonchev–Trinajstić information content (AvgIpc) is 2.94. The Balaban J connectivity index is 1.94. The van der Waals surface area contributed by atoms with Crippen molar-refractivity contribution in [2.24, 2.45) is 4.99 Å². The number of hydrogen-bond acceptors (Lipinski definition) is 4. The number of carbonyl (C=O) groups excluding carboxylic acids is 2. The summed E-state index contributed by atoms with van der Waals surface area (Å²) in [5, 5.41) is 3.25. The zero-order valence-electron chi connectivity index (χ0n) is 14.0. The highest BCUT2D eigenvalue weighted by molar-refractivity contribution is 9.11. The molecule has 0 saturated carbocycles. The van der Waals surface area contributed by atoms with Gasteiger partial charge in [-0.15, -0.1) is 11.3 Å². The number of carbonyl (C=O) groups is 2.